The fraction of sp³-hybridized carbons (Fsp3) is 0.562. The standard InChI is InChI=1S/C16H21NO6/c1-9(18)17-12-13(19)14-11(22-16(12)20-2)8-21-15(23-14)10-6-4-3-5-7-10/h3-7,11-16,19H,8H2,1-2H3,(H,17,18)/t11?,12?,13-,14-,15?,16+/m1/s1. The number of aliphatic hydroxyl groups is 1. The molecule has 3 rings (SSSR count). The van der Waals surface area contributed by atoms with Crippen molar-refractivity contribution >= 4 is 5.91 Å². The molecule has 6 atom stereocenters. The van der Waals surface area contributed by atoms with Crippen molar-refractivity contribution in [3.63, 3.8) is 0 Å². The average molecular weight is 323 g/mol. The molecule has 7 nitrogen and oxygen atoms in total. The summed E-state index contributed by atoms with van der Waals surface area (Å²) in [5.41, 5.74) is 0.864. The van der Waals surface area contributed by atoms with Crippen molar-refractivity contribution in [1.29, 1.82) is 0 Å². The minimum atomic E-state index is -0.960. The maximum Gasteiger partial charge on any atom is 0.217 e. The molecule has 2 aliphatic rings. The van der Waals surface area contributed by atoms with Gasteiger partial charge in [-0.15, -0.1) is 0 Å². The van der Waals surface area contributed by atoms with Crippen molar-refractivity contribution in [3.05, 3.63) is 35.9 Å². The highest BCUT2D eigenvalue weighted by Gasteiger charge is 2.49. The number of aliphatic hydroxyl groups excluding tert-OH is 1. The van der Waals surface area contributed by atoms with Crippen LogP contribution < -0.4 is 5.32 Å². The summed E-state index contributed by atoms with van der Waals surface area (Å²) in [5, 5.41) is 13.3. The lowest BCUT2D eigenvalue weighted by atomic mass is 9.95. The van der Waals surface area contributed by atoms with Gasteiger partial charge in [0.25, 0.3) is 0 Å². The zero-order valence-corrected chi connectivity index (χ0v) is 13.0. The van der Waals surface area contributed by atoms with Gasteiger partial charge < -0.3 is 29.4 Å². The van der Waals surface area contributed by atoms with Crippen LogP contribution in [0.5, 0.6) is 0 Å². The molecule has 0 aliphatic carbocycles. The lowest BCUT2D eigenvalue weighted by Crippen LogP contribution is -2.66. The topological polar surface area (TPSA) is 86.2 Å². The van der Waals surface area contributed by atoms with Crippen molar-refractivity contribution < 1.29 is 28.8 Å². The van der Waals surface area contributed by atoms with Crippen LogP contribution in [0.2, 0.25) is 0 Å². The molecule has 1 amide bonds. The van der Waals surface area contributed by atoms with Crippen LogP contribution in [0, 0.1) is 0 Å². The largest absolute Gasteiger partial charge is 0.388 e. The summed E-state index contributed by atoms with van der Waals surface area (Å²) in [6.07, 6.45) is -3.36. The lowest BCUT2D eigenvalue weighted by molar-refractivity contribution is -0.341. The predicted octanol–water partition coefficient (Wildman–Crippen LogP) is 0.337. The zero-order valence-electron chi connectivity index (χ0n) is 13.0. The van der Waals surface area contributed by atoms with E-state index < -0.39 is 36.9 Å². The molecule has 0 bridgehead atoms. The number of amides is 1. The van der Waals surface area contributed by atoms with Gasteiger partial charge in [-0.25, -0.2) is 0 Å². The molecule has 1 aromatic carbocycles. The smallest absolute Gasteiger partial charge is 0.217 e. The van der Waals surface area contributed by atoms with Crippen molar-refractivity contribution in [3.8, 4) is 0 Å². The van der Waals surface area contributed by atoms with Crippen LogP contribution in [-0.4, -0.2) is 55.4 Å². The predicted molar refractivity (Wildman–Crippen MR) is 79.3 cm³/mol. The van der Waals surface area contributed by atoms with E-state index >= 15 is 0 Å². The monoisotopic (exact) mass is 323 g/mol. The average Bonchev–Trinajstić information content (AvgIpc) is 2.57. The van der Waals surface area contributed by atoms with Crippen molar-refractivity contribution in [2.45, 2.75) is 43.9 Å². The molecule has 0 radical (unpaired) electrons. The Morgan fingerprint density at radius 3 is 2.70 bits per heavy atom. The number of hydrogen-bond donors (Lipinski definition) is 2. The van der Waals surface area contributed by atoms with Crippen LogP contribution in [-0.2, 0) is 23.7 Å². The molecular weight excluding hydrogens is 302 g/mol. The number of benzene rings is 1. The van der Waals surface area contributed by atoms with Gasteiger partial charge in [0, 0.05) is 19.6 Å². The number of rotatable bonds is 3. The molecule has 0 aromatic heterocycles. The summed E-state index contributed by atoms with van der Waals surface area (Å²) in [4.78, 5) is 11.4. The second-order valence-corrected chi connectivity index (χ2v) is 5.67. The number of carbonyl (C=O) groups is 1. The number of fused-ring (bicyclic) bond motifs is 1. The van der Waals surface area contributed by atoms with E-state index in [0.29, 0.717) is 0 Å². The molecular formula is C16H21NO6. The van der Waals surface area contributed by atoms with Crippen LogP contribution in [0.15, 0.2) is 30.3 Å². The summed E-state index contributed by atoms with van der Waals surface area (Å²) in [6.45, 7) is 1.65. The maximum atomic E-state index is 11.4. The highest BCUT2D eigenvalue weighted by Crippen LogP contribution is 2.34. The molecule has 2 heterocycles. The van der Waals surface area contributed by atoms with Gasteiger partial charge in [-0.1, -0.05) is 30.3 Å². The summed E-state index contributed by atoms with van der Waals surface area (Å²) < 4.78 is 22.6. The van der Waals surface area contributed by atoms with E-state index in [1.807, 2.05) is 30.3 Å². The molecule has 23 heavy (non-hydrogen) atoms. The Bertz CT molecular complexity index is 539. The Kier molecular flexibility index (Phi) is 4.93. The third-order valence-electron chi connectivity index (χ3n) is 4.04. The minimum absolute atomic E-state index is 0.272. The molecule has 3 unspecified atom stereocenters. The third kappa shape index (κ3) is 3.39. The van der Waals surface area contributed by atoms with Crippen LogP contribution in [0.25, 0.3) is 0 Å². The fourth-order valence-corrected chi connectivity index (χ4v) is 2.96. The van der Waals surface area contributed by atoms with E-state index in [9.17, 15) is 9.90 Å². The first kappa shape index (κ1) is 16.4. The minimum Gasteiger partial charge on any atom is -0.388 e. The molecule has 7 heteroatoms. The number of hydrogen-bond acceptors (Lipinski definition) is 6. The Morgan fingerprint density at radius 2 is 2.04 bits per heavy atom. The highest BCUT2D eigenvalue weighted by molar-refractivity contribution is 5.73. The van der Waals surface area contributed by atoms with Crippen molar-refractivity contribution in [2.75, 3.05) is 13.7 Å². The lowest BCUT2D eigenvalue weighted by Gasteiger charge is -2.47. The highest BCUT2D eigenvalue weighted by atomic mass is 16.7. The first-order valence-electron chi connectivity index (χ1n) is 7.55. The second-order valence-electron chi connectivity index (χ2n) is 5.67. The number of methoxy groups -OCH3 is 1. The molecule has 0 spiro atoms. The van der Waals surface area contributed by atoms with Gasteiger partial charge in [-0.3, -0.25) is 4.79 Å². The molecule has 1 aromatic rings. The summed E-state index contributed by atoms with van der Waals surface area (Å²) >= 11 is 0. The van der Waals surface area contributed by atoms with Gasteiger partial charge in [0.2, 0.25) is 5.91 Å². The van der Waals surface area contributed by atoms with E-state index in [1.54, 1.807) is 0 Å². The van der Waals surface area contributed by atoms with E-state index in [1.165, 1.54) is 14.0 Å². The van der Waals surface area contributed by atoms with Gasteiger partial charge in [0.05, 0.1) is 6.61 Å². The zero-order chi connectivity index (χ0) is 16.4. The fourth-order valence-electron chi connectivity index (χ4n) is 2.96. The molecule has 2 N–H and O–H groups in total. The molecule has 2 saturated heterocycles. The Hall–Kier alpha value is -1.51. The molecule has 2 fully saturated rings. The Morgan fingerprint density at radius 1 is 1.30 bits per heavy atom. The van der Waals surface area contributed by atoms with Crippen molar-refractivity contribution in [2.24, 2.45) is 0 Å². The number of nitrogens with one attached hydrogen (secondary N) is 1. The first-order valence-corrected chi connectivity index (χ1v) is 7.55. The molecule has 0 saturated carbocycles. The Labute approximate surface area is 134 Å². The van der Waals surface area contributed by atoms with E-state index in [2.05, 4.69) is 5.32 Å². The molecule has 2 aliphatic heterocycles. The first-order chi connectivity index (χ1) is 11.1. The van der Waals surface area contributed by atoms with Crippen LogP contribution in [0.1, 0.15) is 18.8 Å². The number of carbonyl (C=O) groups excluding carboxylic acids is 1. The molecule has 126 valence electrons. The quantitative estimate of drug-likeness (QED) is 0.834. The van der Waals surface area contributed by atoms with Gasteiger partial charge in [-0.2, -0.15) is 0 Å². The van der Waals surface area contributed by atoms with E-state index in [0.717, 1.165) is 5.56 Å². The van der Waals surface area contributed by atoms with Gasteiger partial charge >= 0.3 is 0 Å². The second kappa shape index (κ2) is 6.94. The summed E-state index contributed by atoms with van der Waals surface area (Å²) in [5.74, 6) is -0.273. The van der Waals surface area contributed by atoms with Crippen LogP contribution in [0.3, 0.4) is 0 Å². The third-order valence-corrected chi connectivity index (χ3v) is 4.04. The van der Waals surface area contributed by atoms with Gasteiger partial charge in [0.1, 0.15) is 24.4 Å². The maximum absolute atomic E-state index is 11.4. The Balaban J connectivity index is 1.76. The normalized spacial score (nSPS) is 37.0. The van der Waals surface area contributed by atoms with Crippen molar-refractivity contribution in [1.82, 2.24) is 5.32 Å². The van der Waals surface area contributed by atoms with E-state index in [-0.39, 0.29) is 12.5 Å². The summed E-state index contributed by atoms with van der Waals surface area (Å²) in [6, 6.07) is 8.78. The van der Waals surface area contributed by atoms with Gasteiger partial charge in [0.15, 0.2) is 12.6 Å². The number of ether oxygens (including phenoxy) is 4. The van der Waals surface area contributed by atoms with Crippen LogP contribution in [0.4, 0.5) is 0 Å². The van der Waals surface area contributed by atoms with Gasteiger partial charge in [-0.05, 0) is 0 Å². The summed E-state index contributed by atoms with van der Waals surface area (Å²) in [7, 11) is 1.46. The van der Waals surface area contributed by atoms with Crippen LogP contribution >= 0.6 is 0 Å². The van der Waals surface area contributed by atoms with E-state index in [4.69, 9.17) is 18.9 Å². The SMILES string of the molecule is CO[C@H]1OC2COC(c3ccccc3)O[C@H]2[C@H](O)C1NC(C)=O.